The molecule has 0 spiro atoms. The number of fused-ring (bicyclic) bond motifs is 1. The fourth-order valence-electron chi connectivity index (χ4n) is 2.74. The zero-order valence-corrected chi connectivity index (χ0v) is 14.4. The predicted octanol–water partition coefficient (Wildman–Crippen LogP) is 2.84. The quantitative estimate of drug-likeness (QED) is 0.646. The topological polar surface area (TPSA) is 79.2 Å². The van der Waals surface area contributed by atoms with Crippen molar-refractivity contribution < 1.29 is 9.90 Å². The van der Waals surface area contributed by atoms with Crippen LogP contribution in [0.2, 0.25) is 0 Å². The first-order chi connectivity index (χ1) is 12.0. The van der Waals surface area contributed by atoms with Crippen LogP contribution < -0.4 is 10.6 Å². The summed E-state index contributed by atoms with van der Waals surface area (Å²) in [6.45, 7) is 4.26. The number of nitrogens with one attached hydrogen (secondary N) is 2. The smallest absolute Gasteiger partial charge is 0.221 e. The van der Waals surface area contributed by atoms with Gasteiger partial charge in [-0.15, -0.1) is 0 Å². The SMILES string of the molecule is CC(=O)Nc1cccc(Cn2c(NCC(C)O)nc3ccccc32)c1. The molecule has 6 nitrogen and oxygen atoms in total. The van der Waals surface area contributed by atoms with Crippen molar-refractivity contribution in [3.63, 3.8) is 0 Å². The van der Waals surface area contributed by atoms with Gasteiger partial charge in [-0.2, -0.15) is 0 Å². The molecule has 0 aliphatic carbocycles. The molecule has 0 aliphatic rings. The molecular formula is C19H22N4O2. The molecule has 1 unspecified atom stereocenters. The zero-order valence-electron chi connectivity index (χ0n) is 14.4. The molecule has 0 radical (unpaired) electrons. The van der Waals surface area contributed by atoms with Gasteiger partial charge in [0.2, 0.25) is 11.9 Å². The second-order valence-corrected chi connectivity index (χ2v) is 6.12. The van der Waals surface area contributed by atoms with E-state index in [0.717, 1.165) is 22.3 Å². The lowest BCUT2D eigenvalue weighted by Gasteiger charge is -2.13. The van der Waals surface area contributed by atoms with Crippen LogP contribution >= 0.6 is 0 Å². The number of para-hydroxylation sites is 2. The Bertz CT molecular complexity index is 886. The third-order valence-corrected chi connectivity index (χ3v) is 3.80. The highest BCUT2D eigenvalue weighted by molar-refractivity contribution is 5.88. The van der Waals surface area contributed by atoms with Gasteiger partial charge in [0.1, 0.15) is 0 Å². The van der Waals surface area contributed by atoms with Gasteiger partial charge in [0.15, 0.2) is 0 Å². The van der Waals surface area contributed by atoms with E-state index >= 15 is 0 Å². The summed E-state index contributed by atoms with van der Waals surface area (Å²) in [6, 6.07) is 15.7. The lowest BCUT2D eigenvalue weighted by Crippen LogP contribution is -2.18. The van der Waals surface area contributed by atoms with Gasteiger partial charge < -0.3 is 20.3 Å². The summed E-state index contributed by atoms with van der Waals surface area (Å²) in [6.07, 6.45) is -0.462. The van der Waals surface area contributed by atoms with Gasteiger partial charge in [-0.25, -0.2) is 4.98 Å². The van der Waals surface area contributed by atoms with Crippen LogP contribution in [-0.4, -0.2) is 33.2 Å². The van der Waals surface area contributed by atoms with E-state index in [1.54, 1.807) is 6.92 Å². The first-order valence-electron chi connectivity index (χ1n) is 8.26. The number of hydrogen-bond donors (Lipinski definition) is 3. The van der Waals surface area contributed by atoms with Crippen LogP contribution in [0.1, 0.15) is 19.4 Å². The first kappa shape index (κ1) is 17.0. The molecule has 6 heteroatoms. The number of aromatic nitrogens is 2. The minimum atomic E-state index is -0.462. The van der Waals surface area contributed by atoms with E-state index in [9.17, 15) is 9.90 Å². The van der Waals surface area contributed by atoms with Crippen LogP contribution in [0.25, 0.3) is 11.0 Å². The van der Waals surface area contributed by atoms with Gasteiger partial charge >= 0.3 is 0 Å². The Labute approximate surface area is 146 Å². The Morgan fingerprint density at radius 3 is 2.80 bits per heavy atom. The Balaban J connectivity index is 1.94. The predicted molar refractivity (Wildman–Crippen MR) is 99.8 cm³/mol. The van der Waals surface area contributed by atoms with E-state index in [-0.39, 0.29) is 5.91 Å². The maximum Gasteiger partial charge on any atom is 0.221 e. The summed E-state index contributed by atoms with van der Waals surface area (Å²) in [5, 5.41) is 15.6. The molecule has 2 aromatic carbocycles. The number of carbonyl (C=O) groups excluding carboxylic acids is 1. The molecule has 1 aromatic heterocycles. The number of rotatable bonds is 6. The highest BCUT2D eigenvalue weighted by Crippen LogP contribution is 2.22. The van der Waals surface area contributed by atoms with Gasteiger partial charge in [-0.1, -0.05) is 24.3 Å². The Morgan fingerprint density at radius 1 is 1.24 bits per heavy atom. The Morgan fingerprint density at radius 2 is 2.04 bits per heavy atom. The molecule has 3 rings (SSSR count). The van der Waals surface area contributed by atoms with Crippen molar-refractivity contribution in [1.82, 2.24) is 9.55 Å². The molecule has 0 bridgehead atoms. The van der Waals surface area contributed by atoms with Gasteiger partial charge in [0.25, 0.3) is 0 Å². The maximum absolute atomic E-state index is 11.3. The number of hydrogen-bond acceptors (Lipinski definition) is 4. The van der Waals surface area contributed by atoms with E-state index in [1.165, 1.54) is 6.92 Å². The van der Waals surface area contributed by atoms with Gasteiger partial charge in [0.05, 0.1) is 23.7 Å². The van der Waals surface area contributed by atoms with E-state index in [0.29, 0.717) is 19.0 Å². The van der Waals surface area contributed by atoms with Crippen molar-refractivity contribution >= 4 is 28.6 Å². The molecule has 1 heterocycles. The van der Waals surface area contributed by atoms with Crippen molar-refractivity contribution in [1.29, 1.82) is 0 Å². The largest absolute Gasteiger partial charge is 0.392 e. The maximum atomic E-state index is 11.3. The van der Waals surface area contributed by atoms with Crippen LogP contribution in [-0.2, 0) is 11.3 Å². The highest BCUT2D eigenvalue weighted by Gasteiger charge is 2.11. The summed E-state index contributed by atoms with van der Waals surface area (Å²) in [7, 11) is 0. The van der Waals surface area contributed by atoms with E-state index in [4.69, 9.17) is 0 Å². The fraction of sp³-hybridized carbons (Fsp3) is 0.263. The zero-order chi connectivity index (χ0) is 17.8. The molecule has 3 N–H and O–H groups in total. The number of carbonyl (C=O) groups is 1. The molecule has 0 aliphatic heterocycles. The van der Waals surface area contributed by atoms with Crippen LogP contribution in [0.5, 0.6) is 0 Å². The molecule has 3 aromatic rings. The number of imidazole rings is 1. The third-order valence-electron chi connectivity index (χ3n) is 3.80. The minimum Gasteiger partial charge on any atom is -0.392 e. The fourth-order valence-corrected chi connectivity index (χ4v) is 2.74. The summed E-state index contributed by atoms with van der Waals surface area (Å²) < 4.78 is 2.07. The second-order valence-electron chi connectivity index (χ2n) is 6.12. The summed E-state index contributed by atoms with van der Waals surface area (Å²) in [4.78, 5) is 15.9. The van der Waals surface area contributed by atoms with Crippen molar-refractivity contribution in [2.24, 2.45) is 0 Å². The Kier molecular flexibility index (Phi) is 5.00. The van der Waals surface area contributed by atoms with Crippen LogP contribution in [0, 0.1) is 0 Å². The summed E-state index contributed by atoms with van der Waals surface area (Å²) in [5.41, 5.74) is 3.73. The van der Waals surface area contributed by atoms with E-state index < -0.39 is 6.10 Å². The van der Waals surface area contributed by atoms with E-state index in [1.807, 2.05) is 48.5 Å². The minimum absolute atomic E-state index is 0.0930. The molecule has 1 atom stereocenters. The highest BCUT2D eigenvalue weighted by atomic mass is 16.3. The number of anilines is 2. The van der Waals surface area contributed by atoms with Crippen molar-refractivity contribution in [3.8, 4) is 0 Å². The molecule has 130 valence electrons. The lowest BCUT2D eigenvalue weighted by molar-refractivity contribution is -0.114. The van der Waals surface area contributed by atoms with Gasteiger partial charge in [-0.05, 0) is 36.8 Å². The van der Waals surface area contributed by atoms with Crippen LogP contribution in [0.4, 0.5) is 11.6 Å². The summed E-state index contributed by atoms with van der Waals surface area (Å²) >= 11 is 0. The van der Waals surface area contributed by atoms with Gasteiger partial charge in [0, 0.05) is 19.2 Å². The van der Waals surface area contributed by atoms with Crippen LogP contribution in [0.3, 0.4) is 0 Å². The number of nitrogens with zero attached hydrogens (tertiary/aromatic N) is 2. The Hall–Kier alpha value is -2.86. The second kappa shape index (κ2) is 7.36. The number of benzene rings is 2. The van der Waals surface area contributed by atoms with Crippen LogP contribution in [0.15, 0.2) is 48.5 Å². The number of aliphatic hydroxyl groups is 1. The third kappa shape index (κ3) is 4.16. The molecular weight excluding hydrogens is 316 g/mol. The molecule has 0 saturated heterocycles. The normalized spacial score (nSPS) is 12.1. The average molecular weight is 338 g/mol. The average Bonchev–Trinajstić information content (AvgIpc) is 2.90. The monoisotopic (exact) mass is 338 g/mol. The van der Waals surface area contributed by atoms with Crippen molar-refractivity contribution in [3.05, 3.63) is 54.1 Å². The molecule has 0 saturated carbocycles. The van der Waals surface area contributed by atoms with Gasteiger partial charge in [-0.3, -0.25) is 4.79 Å². The molecule has 0 fully saturated rings. The standard InChI is InChI=1S/C19H22N4O2/c1-13(24)11-20-19-22-17-8-3-4-9-18(17)23(19)12-15-6-5-7-16(10-15)21-14(2)25/h3-10,13,24H,11-12H2,1-2H3,(H,20,22)(H,21,25). The number of amides is 1. The van der Waals surface area contributed by atoms with Crippen molar-refractivity contribution in [2.45, 2.75) is 26.5 Å². The molecule has 25 heavy (non-hydrogen) atoms. The van der Waals surface area contributed by atoms with E-state index in [2.05, 4.69) is 20.2 Å². The van der Waals surface area contributed by atoms with Crippen molar-refractivity contribution in [2.75, 3.05) is 17.2 Å². The lowest BCUT2D eigenvalue weighted by atomic mass is 10.2. The molecule has 1 amide bonds. The first-order valence-corrected chi connectivity index (χ1v) is 8.26. The number of aliphatic hydroxyl groups excluding tert-OH is 1. The summed E-state index contributed by atoms with van der Waals surface area (Å²) in [5.74, 6) is 0.622.